The number of aromatic nitrogens is 3. The maximum atomic E-state index is 7.18. The molecule has 0 aliphatic rings. The minimum Gasteiger partial charge on any atom is -0.396 e. The number of nitrogen functional groups attached to an aromatic ring is 1. The molecule has 0 radical (unpaired) electrons. The number of ether oxygens (including phenoxy) is 3. The van der Waals surface area contributed by atoms with Crippen LogP contribution in [0.4, 0.5) is 45.5 Å². The number of nitrogens with zero attached hydrogens (tertiary/aromatic N) is 5. The van der Waals surface area contributed by atoms with Gasteiger partial charge < -0.3 is 34.5 Å². The molecule has 0 bridgehead atoms. The Balaban J connectivity index is 1.19. The number of methoxy groups -OCH3 is 1. The van der Waals surface area contributed by atoms with Crippen molar-refractivity contribution < 1.29 is 14.2 Å². The summed E-state index contributed by atoms with van der Waals surface area (Å²) in [6.07, 6.45) is 0. The fourth-order valence-corrected chi connectivity index (χ4v) is 7.58. The van der Waals surface area contributed by atoms with Crippen molar-refractivity contribution in [3.63, 3.8) is 0 Å². The van der Waals surface area contributed by atoms with Crippen LogP contribution in [0.15, 0.2) is 170 Å². The van der Waals surface area contributed by atoms with Gasteiger partial charge in [0.25, 0.3) is 0 Å². The molecule has 0 fully saturated rings. The van der Waals surface area contributed by atoms with Gasteiger partial charge in [0.1, 0.15) is 11.0 Å². The van der Waals surface area contributed by atoms with E-state index in [-0.39, 0.29) is 0 Å². The summed E-state index contributed by atoms with van der Waals surface area (Å²) in [6.45, 7) is 2.83. The van der Waals surface area contributed by atoms with E-state index in [1.807, 2.05) is 72.8 Å². The van der Waals surface area contributed by atoms with E-state index in [1.165, 1.54) is 0 Å². The molecule has 8 aromatic rings. The number of nitrogens with two attached hydrogens (primary N) is 1. The van der Waals surface area contributed by atoms with E-state index in [9.17, 15) is 0 Å². The average Bonchev–Trinajstić information content (AvgIpc) is 3.72. The molecule has 8 rings (SSSR count). The highest BCUT2D eigenvalue weighted by molar-refractivity contribution is 7.81. The molecule has 7 aromatic carbocycles. The molecule has 60 heavy (non-hydrogen) atoms. The molecule has 11 heteroatoms. The van der Waals surface area contributed by atoms with E-state index < -0.39 is 0 Å². The topological polar surface area (TPSA) is 103 Å². The zero-order valence-corrected chi connectivity index (χ0v) is 34.3. The van der Waals surface area contributed by atoms with Gasteiger partial charge in [0.05, 0.1) is 51.0 Å². The summed E-state index contributed by atoms with van der Waals surface area (Å²) in [5.41, 5.74) is 19.3. The second-order valence-corrected chi connectivity index (χ2v) is 14.2. The molecule has 3 N–H and O–H groups in total. The van der Waals surface area contributed by atoms with Crippen molar-refractivity contribution in [2.45, 2.75) is 6.54 Å². The predicted octanol–water partition coefficient (Wildman–Crippen LogP) is 11.2. The van der Waals surface area contributed by atoms with Crippen LogP contribution in [0.3, 0.4) is 0 Å². The largest absolute Gasteiger partial charge is 0.396 e. The number of hydrogen-bond acceptors (Lipinski definition) is 10. The van der Waals surface area contributed by atoms with Gasteiger partial charge in [-0.1, -0.05) is 110 Å². The lowest BCUT2D eigenvalue weighted by atomic mass is 9.93. The Morgan fingerprint density at radius 1 is 0.500 bits per heavy atom. The van der Waals surface area contributed by atoms with Crippen molar-refractivity contribution in [2.75, 3.05) is 60.4 Å². The van der Waals surface area contributed by atoms with Crippen molar-refractivity contribution >= 4 is 69.3 Å². The number of hydrogen-bond donors (Lipinski definition) is 3. The molecular formula is C49H47N7O3S. The minimum absolute atomic E-state index is 0.402. The molecule has 0 saturated carbocycles. The van der Waals surface area contributed by atoms with Gasteiger partial charge in [-0.3, -0.25) is 0 Å². The summed E-state index contributed by atoms with van der Waals surface area (Å²) >= 11 is 4.63. The smallest absolute Gasteiger partial charge is 0.123 e. The van der Waals surface area contributed by atoms with Crippen molar-refractivity contribution in [3.8, 4) is 22.3 Å². The molecule has 0 unspecified atom stereocenters. The highest BCUT2D eigenvalue weighted by atomic mass is 32.1. The van der Waals surface area contributed by atoms with Crippen molar-refractivity contribution in [1.82, 2.24) is 15.0 Å². The Kier molecular flexibility index (Phi) is 13.0. The zero-order chi connectivity index (χ0) is 41.1. The van der Waals surface area contributed by atoms with Crippen LogP contribution < -0.4 is 20.3 Å². The molecule has 0 spiro atoms. The highest BCUT2D eigenvalue weighted by Gasteiger charge is 2.25. The standard InChI is InChI=1S/C49H47N7O3S/c1-57-32-33-59-35-34-58-31-30-54-51-48-44(36-22-26-42(27-23-36)55(38-14-6-2-7-15-38)39-16-8-3-9-17-39)46(50)47(53-60)45(49(48)52-54)37-24-28-43(29-25-37)56(40-18-10-4-11-19-40)41-20-12-5-13-21-41/h2-29,53,60H,30-35,50H2,1H3. The number of rotatable bonds is 18. The third kappa shape index (κ3) is 8.85. The zero-order valence-electron chi connectivity index (χ0n) is 33.4. The lowest BCUT2D eigenvalue weighted by Crippen LogP contribution is -2.13. The average molecular weight is 814 g/mol. The summed E-state index contributed by atoms with van der Waals surface area (Å²) in [5, 5.41) is 10.2. The van der Waals surface area contributed by atoms with E-state index in [4.69, 9.17) is 30.1 Å². The normalized spacial score (nSPS) is 11.2. The fraction of sp³-hybridized carbons (Fsp3) is 0.143. The fourth-order valence-electron chi connectivity index (χ4n) is 7.35. The van der Waals surface area contributed by atoms with Gasteiger partial charge in [-0.05, 0) is 83.9 Å². The summed E-state index contributed by atoms with van der Waals surface area (Å²) < 4.78 is 19.7. The molecule has 10 nitrogen and oxygen atoms in total. The molecule has 0 aliphatic heterocycles. The van der Waals surface area contributed by atoms with Gasteiger partial charge in [-0.25, -0.2) is 0 Å². The van der Waals surface area contributed by atoms with Gasteiger partial charge in [-0.15, -0.1) is 0 Å². The third-order valence-corrected chi connectivity index (χ3v) is 10.4. The first-order chi connectivity index (χ1) is 29.6. The number of para-hydroxylation sites is 4. The van der Waals surface area contributed by atoms with Crippen LogP contribution in [-0.2, 0) is 20.8 Å². The van der Waals surface area contributed by atoms with Crippen LogP contribution >= 0.6 is 12.8 Å². The predicted molar refractivity (Wildman–Crippen MR) is 248 cm³/mol. The van der Waals surface area contributed by atoms with Gasteiger partial charge in [-0.2, -0.15) is 15.0 Å². The monoisotopic (exact) mass is 813 g/mol. The van der Waals surface area contributed by atoms with Crippen LogP contribution in [0.25, 0.3) is 33.3 Å². The Morgan fingerprint density at radius 2 is 0.867 bits per heavy atom. The Bertz CT molecular complexity index is 2500. The van der Waals surface area contributed by atoms with E-state index >= 15 is 0 Å². The van der Waals surface area contributed by atoms with Crippen LogP contribution in [0.2, 0.25) is 0 Å². The first-order valence-corrected chi connectivity index (χ1v) is 20.4. The van der Waals surface area contributed by atoms with Crippen LogP contribution in [0.1, 0.15) is 0 Å². The summed E-state index contributed by atoms with van der Waals surface area (Å²) in [4.78, 5) is 6.15. The molecule has 0 amide bonds. The number of fused-ring (bicyclic) bond motifs is 1. The Labute approximate surface area is 356 Å². The van der Waals surface area contributed by atoms with Gasteiger partial charge >= 0.3 is 0 Å². The summed E-state index contributed by atoms with van der Waals surface area (Å²) in [5.74, 6) is 0. The first kappa shape index (κ1) is 40.2. The molecule has 1 heterocycles. The molecule has 0 aliphatic carbocycles. The maximum Gasteiger partial charge on any atom is 0.123 e. The molecular weight excluding hydrogens is 767 g/mol. The van der Waals surface area contributed by atoms with Crippen molar-refractivity contribution in [2.24, 2.45) is 0 Å². The third-order valence-electron chi connectivity index (χ3n) is 10.2. The SMILES string of the molecule is COCCOCCOCCn1nc2c(-c3ccc(N(c4ccccc4)c4ccccc4)cc3)c(N)c(NS)c(-c3ccc(N(c4ccccc4)c4ccccc4)cc3)c2n1. The van der Waals surface area contributed by atoms with Crippen LogP contribution in [-0.4, -0.2) is 55.1 Å². The van der Waals surface area contributed by atoms with E-state index in [1.54, 1.807) is 11.9 Å². The van der Waals surface area contributed by atoms with Crippen LogP contribution in [0.5, 0.6) is 0 Å². The Hall–Kier alpha value is -6.63. The molecule has 0 saturated heterocycles. The van der Waals surface area contributed by atoms with E-state index in [0.717, 1.165) is 56.4 Å². The van der Waals surface area contributed by atoms with Gasteiger partial charge in [0.2, 0.25) is 0 Å². The molecule has 302 valence electrons. The summed E-state index contributed by atoms with van der Waals surface area (Å²) in [6, 6.07) is 58.2. The van der Waals surface area contributed by atoms with Crippen molar-refractivity contribution in [3.05, 3.63) is 170 Å². The molecule has 0 atom stereocenters. The number of anilines is 8. The van der Waals surface area contributed by atoms with E-state index in [0.29, 0.717) is 62.0 Å². The van der Waals surface area contributed by atoms with Crippen molar-refractivity contribution in [1.29, 1.82) is 0 Å². The lowest BCUT2D eigenvalue weighted by molar-refractivity contribution is 0.0219. The molecule has 1 aromatic heterocycles. The highest BCUT2D eigenvalue weighted by Crippen LogP contribution is 2.47. The maximum absolute atomic E-state index is 7.18. The number of thiol groups is 1. The van der Waals surface area contributed by atoms with E-state index in [2.05, 4.69) is 124 Å². The quantitative estimate of drug-likeness (QED) is 0.0444. The van der Waals surface area contributed by atoms with Gasteiger partial charge in [0.15, 0.2) is 0 Å². The minimum atomic E-state index is 0.402. The van der Waals surface area contributed by atoms with Crippen LogP contribution in [0, 0.1) is 0 Å². The summed E-state index contributed by atoms with van der Waals surface area (Å²) in [7, 11) is 1.65. The number of benzene rings is 7. The van der Waals surface area contributed by atoms with Gasteiger partial charge in [0, 0.05) is 52.4 Å². The lowest BCUT2D eigenvalue weighted by Gasteiger charge is -2.26. The number of nitrogens with one attached hydrogen (secondary N) is 1. The second kappa shape index (κ2) is 19.4. The first-order valence-electron chi connectivity index (χ1n) is 19.9. The Morgan fingerprint density at radius 3 is 1.28 bits per heavy atom. The second-order valence-electron chi connectivity index (χ2n) is 14.0.